The third kappa shape index (κ3) is 2.89. The Morgan fingerprint density at radius 3 is 2.88 bits per heavy atom. The van der Waals surface area contributed by atoms with E-state index in [0.29, 0.717) is 30.3 Å². The first kappa shape index (κ1) is 15.8. The van der Waals surface area contributed by atoms with Crippen LogP contribution in [0.15, 0.2) is 36.7 Å². The number of aliphatic hydroxyl groups excluding tert-OH is 1. The van der Waals surface area contributed by atoms with E-state index in [1.807, 2.05) is 15.6 Å². The molecule has 0 aromatic carbocycles. The lowest BCUT2D eigenvalue weighted by Crippen LogP contribution is -2.24. The van der Waals surface area contributed by atoms with E-state index in [4.69, 9.17) is 0 Å². The highest BCUT2D eigenvalue weighted by atomic mass is 19.1. The molecule has 0 bridgehead atoms. The van der Waals surface area contributed by atoms with Crippen LogP contribution in [0.5, 0.6) is 0 Å². The van der Waals surface area contributed by atoms with Crippen molar-refractivity contribution in [2.75, 3.05) is 11.4 Å². The number of hydrogen-bond acceptors (Lipinski definition) is 5. The molecule has 1 aliphatic heterocycles. The zero-order chi connectivity index (χ0) is 17.4. The quantitative estimate of drug-likeness (QED) is 0.783. The molecular weight excluding hydrogens is 323 g/mol. The second-order valence-electron chi connectivity index (χ2n) is 6.15. The number of halogens is 1. The molecule has 0 amide bonds. The fraction of sp³-hybridized carbons (Fsp3) is 0.353. The molecule has 1 N–H and O–H groups in total. The summed E-state index contributed by atoms with van der Waals surface area (Å²) in [5.74, 6) is 0.0245. The smallest absolute Gasteiger partial charge is 0.165 e. The summed E-state index contributed by atoms with van der Waals surface area (Å²) in [5.41, 5.74) is 2.18. The molecule has 0 aliphatic carbocycles. The van der Waals surface area contributed by atoms with Gasteiger partial charge in [0, 0.05) is 32.5 Å². The fourth-order valence-corrected chi connectivity index (χ4v) is 3.21. The van der Waals surface area contributed by atoms with Gasteiger partial charge in [-0.15, -0.1) is 0 Å². The normalized spacial score (nSPS) is 15.7. The number of fused-ring (bicyclic) bond motifs is 1. The molecule has 7 nitrogen and oxygen atoms in total. The molecule has 0 spiro atoms. The van der Waals surface area contributed by atoms with Crippen LogP contribution in [0.4, 0.5) is 10.2 Å². The molecule has 1 atom stereocenters. The number of hydrogen-bond donors (Lipinski definition) is 1. The zero-order valence-corrected chi connectivity index (χ0v) is 13.9. The summed E-state index contributed by atoms with van der Waals surface area (Å²) < 4.78 is 17.6. The Morgan fingerprint density at radius 1 is 1.24 bits per heavy atom. The maximum atomic E-state index is 14.1. The minimum atomic E-state index is -0.841. The van der Waals surface area contributed by atoms with Gasteiger partial charge in [-0.25, -0.2) is 9.37 Å². The van der Waals surface area contributed by atoms with Crippen LogP contribution in [0.2, 0.25) is 0 Å². The highest BCUT2D eigenvalue weighted by molar-refractivity contribution is 5.40. The van der Waals surface area contributed by atoms with Gasteiger partial charge < -0.3 is 10.0 Å². The van der Waals surface area contributed by atoms with Crippen LogP contribution < -0.4 is 4.90 Å². The largest absolute Gasteiger partial charge is 0.380 e. The standard InChI is InChI=1S/C17H19FN6O/c1-22-15(5-7-20-22)16(25)14-10-12-11-23(8-3-9-24(12)21-14)17-13(18)4-2-6-19-17/h2,4-7,10,16,25H,3,8-9,11H2,1H3/t16-/m1/s1. The summed E-state index contributed by atoms with van der Waals surface area (Å²) in [7, 11) is 1.78. The van der Waals surface area contributed by atoms with Crippen molar-refractivity contribution in [1.29, 1.82) is 0 Å². The van der Waals surface area contributed by atoms with Crippen molar-refractivity contribution >= 4 is 5.82 Å². The SMILES string of the molecule is Cn1nccc1[C@H](O)c1cc2n(n1)CCCN(c1ncccc1F)C2. The minimum Gasteiger partial charge on any atom is -0.380 e. The predicted octanol–water partition coefficient (Wildman–Crippen LogP) is 1.64. The van der Waals surface area contributed by atoms with Crippen molar-refractivity contribution < 1.29 is 9.50 Å². The van der Waals surface area contributed by atoms with Crippen molar-refractivity contribution in [2.45, 2.75) is 25.6 Å². The van der Waals surface area contributed by atoms with Crippen molar-refractivity contribution in [2.24, 2.45) is 7.05 Å². The summed E-state index contributed by atoms with van der Waals surface area (Å²) >= 11 is 0. The second-order valence-corrected chi connectivity index (χ2v) is 6.15. The summed E-state index contributed by atoms with van der Waals surface area (Å²) in [4.78, 5) is 6.08. The lowest BCUT2D eigenvalue weighted by Gasteiger charge is -2.21. The Kier molecular flexibility index (Phi) is 3.96. The van der Waals surface area contributed by atoms with Crippen LogP contribution in [-0.2, 0) is 20.1 Å². The van der Waals surface area contributed by atoms with Gasteiger partial charge in [0.15, 0.2) is 11.6 Å². The van der Waals surface area contributed by atoms with Crippen molar-refractivity contribution in [1.82, 2.24) is 24.5 Å². The number of aryl methyl sites for hydroxylation is 2. The van der Waals surface area contributed by atoms with Gasteiger partial charge in [0.05, 0.1) is 23.6 Å². The van der Waals surface area contributed by atoms with Gasteiger partial charge in [0.2, 0.25) is 0 Å². The zero-order valence-electron chi connectivity index (χ0n) is 13.9. The Balaban J connectivity index is 1.63. The van der Waals surface area contributed by atoms with Crippen LogP contribution in [0.25, 0.3) is 0 Å². The third-order valence-electron chi connectivity index (χ3n) is 4.49. The highest BCUT2D eigenvalue weighted by Gasteiger charge is 2.23. The van der Waals surface area contributed by atoms with Crippen molar-refractivity contribution in [3.63, 3.8) is 0 Å². The van der Waals surface area contributed by atoms with Gasteiger partial charge in [-0.1, -0.05) is 0 Å². The van der Waals surface area contributed by atoms with E-state index in [9.17, 15) is 9.50 Å². The number of rotatable bonds is 3. The van der Waals surface area contributed by atoms with E-state index >= 15 is 0 Å². The Labute approximate surface area is 144 Å². The molecule has 130 valence electrons. The maximum absolute atomic E-state index is 14.1. The van der Waals surface area contributed by atoms with Crippen LogP contribution in [-0.4, -0.2) is 36.2 Å². The molecule has 4 heterocycles. The number of anilines is 1. The number of aliphatic hydroxyl groups is 1. The van der Waals surface area contributed by atoms with Crippen molar-refractivity contribution in [3.05, 3.63) is 59.6 Å². The molecule has 3 aromatic heterocycles. The third-order valence-corrected chi connectivity index (χ3v) is 4.49. The average Bonchev–Trinajstić information content (AvgIpc) is 3.16. The van der Waals surface area contributed by atoms with Gasteiger partial charge in [0.25, 0.3) is 0 Å². The van der Waals surface area contributed by atoms with Gasteiger partial charge in [0.1, 0.15) is 6.10 Å². The van der Waals surface area contributed by atoms with E-state index in [-0.39, 0.29) is 5.82 Å². The average molecular weight is 342 g/mol. The molecule has 0 saturated carbocycles. The fourth-order valence-electron chi connectivity index (χ4n) is 3.21. The summed E-state index contributed by atoms with van der Waals surface area (Å²) in [5, 5.41) is 19.2. The number of pyridine rings is 1. The van der Waals surface area contributed by atoms with E-state index in [0.717, 1.165) is 18.7 Å². The summed E-state index contributed by atoms with van der Waals surface area (Å²) in [6, 6.07) is 6.65. The monoisotopic (exact) mass is 342 g/mol. The van der Waals surface area contributed by atoms with Crippen LogP contribution in [0.1, 0.15) is 29.6 Å². The molecule has 8 heteroatoms. The molecule has 3 aromatic rings. The highest BCUT2D eigenvalue weighted by Crippen LogP contribution is 2.25. The first-order chi connectivity index (χ1) is 12.1. The topological polar surface area (TPSA) is 72.0 Å². The van der Waals surface area contributed by atoms with Gasteiger partial charge >= 0.3 is 0 Å². The van der Waals surface area contributed by atoms with E-state index < -0.39 is 6.10 Å². The Bertz CT molecular complexity index is 889. The van der Waals surface area contributed by atoms with E-state index in [1.165, 1.54) is 6.07 Å². The van der Waals surface area contributed by atoms with Crippen LogP contribution in [0, 0.1) is 5.82 Å². The van der Waals surface area contributed by atoms with Crippen molar-refractivity contribution in [3.8, 4) is 0 Å². The Hall–Kier alpha value is -2.74. The first-order valence-corrected chi connectivity index (χ1v) is 8.21. The maximum Gasteiger partial charge on any atom is 0.165 e. The van der Waals surface area contributed by atoms with Crippen LogP contribution >= 0.6 is 0 Å². The van der Waals surface area contributed by atoms with Gasteiger partial charge in [-0.3, -0.25) is 9.36 Å². The van der Waals surface area contributed by atoms with E-state index in [1.54, 1.807) is 36.3 Å². The van der Waals surface area contributed by atoms with E-state index in [2.05, 4.69) is 15.2 Å². The number of nitrogens with zero attached hydrogens (tertiary/aromatic N) is 6. The number of aromatic nitrogens is 5. The van der Waals surface area contributed by atoms with Gasteiger partial charge in [-0.2, -0.15) is 10.2 Å². The lowest BCUT2D eigenvalue weighted by molar-refractivity contribution is 0.203. The minimum absolute atomic E-state index is 0.328. The molecule has 0 fully saturated rings. The molecule has 0 radical (unpaired) electrons. The molecular formula is C17H19FN6O. The first-order valence-electron chi connectivity index (χ1n) is 8.21. The molecule has 0 saturated heterocycles. The molecule has 4 rings (SSSR count). The Morgan fingerprint density at radius 2 is 2.12 bits per heavy atom. The van der Waals surface area contributed by atoms with Crippen LogP contribution in [0.3, 0.4) is 0 Å². The van der Waals surface area contributed by atoms with Gasteiger partial charge in [-0.05, 0) is 30.7 Å². The molecule has 0 unspecified atom stereocenters. The predicted molar refractivity (Wildman–Crippen MR) is 89.4 cm³/mol. The molecule has 1 aliphatic rings. The lowest BCUT2D eigenvalue weighted by atomic mass is 10.2. The molecule has 25 heavy (non-hydrogen) atoms. The summed E-state index contributed by atoms with van der Waals surface area (Å²) in [6.45, 7) is 1.92. The summed E-state index contributed by atoms with van der Waals surface area (Å²) in [6.07, 6.45) is 3.22. The second kappa shape index (κ2) is 6.29.